The summed E-state index contributed by atoms with van der Waals surface area (Å²) in [5.74, 6) is -0.610. The molecule has 0 unspecified atom stereocenters. The highest BCUT2D eigenvalue weighted by molar-refractivity contribution is 7.91. The molecule has 0 aliphatic heterocycles. The van der Waals surface area contributed by atoms with E-state index in [0.29, 0.717) is 11.3 Å². The van der Waals surface area contributed by atoms with Crippen molar-refractivity contribution in [2.75, 3.05) is 0 Å². The standard InChI is InChI=1S/C9H15N3O4S2/c1-5-7(17-8(14)11-5)18(15,16)12-9(2,3)4-6(10)13/h12H,4H2,1-3H3,(H2,10,13)(H,11,14). The highest BCUT2D eigenvalue weighted by atomic mass is 32.2. The van der Waals surface area contributed by atoms with E-state index in [0.717, 1.165) is 0 Å². The van der Waals surface area contributed by atoms with Gasteiger partial charge in [0.2, 0.25) is 5.91 Å². The van der Waals surface area contributed by atoms with Crippen LogP contribution in [-0.2, 0) is 14.8 Å². The van der Waals surface area contributed by atoms with Gasteiger partial charge in [0.25, 0.3) is 10.0 Å². The Balaban J connectivity index is 3.06. The molecule has 0 aliphatic rings. The summed E-state index contributed by atoms with van der Waals surface area (Å²) < 4.78 is 26.4. The zero-order valence-corrected chi connectivity index (χ0v) is 11.9. The second kappa shape index (κ2) is 4.82. The number of H-pyrrole nitrogens is 1. The summed E-state index contributed by atoms with van der Waals surface area (Å²) in [5, 5.41) is 0. The van der Waals surface area contributed by atoms with Crippen LogP contribution in [0.25, 0.3) is 0 Å². The summed E-state index contributed by atoms with van der Waals surface area (Å²) >= 11 is 0.603. The molecule has 0 atom stereocenters. The summed E-state index contributed by atoms with van der Waals surface area (Å²) in [6.07, 6.45) is -0.134. The number of aromatic amines is 1. The molecule has 1 aromatic rings. The van der Waals surface area contributed by atoms with Gasteiger partial charge in [-0.05, 0) is 20.8 Å². The Morgan fingerprint density at radius 2 is 2.06 bits per heavy atom. The molecule has 0 saturated carbocycles. The van der Waals surface area contributed by atoms with E-state index in [1.165, 1.54) is 6.92 Å². The molecule has 0 aromatic carbocycles. The molecule has 0 spiro atoms. The van der Waals surface area contributed by atoms with Crippen LogP contribution >= 0.6 is 11.3 Å². The molecule has 18 heavy (non-hydrogen) atoms. The fourth-order valence-electron chi connectivity index (χ4n) is 1.53. The van der Waals surface area contributed by atoms with Crippen LogP contribution in [0.2, 0.25) is 0 Å². The van der Waals surface area contributed by atoms with Crippen LogP contribution in [0.15, 0.2) is 9.00 Å². The number of hydrogen-bond acceptors (Lipinski definition) is 5. The van der Waals surface area contributed by atoms with Gasteiger partial charge < -0.3 is 10.7 Å². The van der Waals surface area contributed by atoms with Gasteiger partial charge in [-0.15, -0.1) is 0 Å². The van der Waals surface area contributed by atoms with Crippen LogP contribution in [0.3, 0.4) is 0 Å². The molecule has 9 heteroatoms. The molecule has 0 radical (unpaired) electrons. The minimum atomic E-state index is -3.84. The molecule has 1 rings (SSSR count). The van der Waals surface area contributed by atoms with Crippen molar-refractivity contribution in [2.24, 2.45) is 5.73 Å². The van der Waals surface area contributed by atoms with E-state index in [1.54, 1.807) is 13.8 Å². The second-order valence-corrected chi connectivity index (χ2v) is 7.42. The molecule has 1 amide bonds. The van der Waals surface area contributed by atoms with E-state index in [2.05, 4.69) is 9.71 Å². The monoisotopic (exact) mass is 293 g/mol. The number of hydrogen-bond donors (Lipinski definition) is 3. The highest BCUT2D eigenvalue weighted by Crippen LogP contribution is 2.19. The fraction of sp³-hybridized carbons (Fsp3) is 0.556. The maximum atomic E-state index is 12.1. The van der Waals surface area contributed by atoms with E-state index in [-0.39, 0.29) is 16.3 Å². The van der Waals surface area contributed by atoms with E-state index >= 15 is 0 Å². The number of thiazole rings is 1. The van der Waals surface area contributed by atoms with Crippen LogP contribution in [-0.4, -0.2) is 24.8 Å². The number of rotatable bonds is 5. The first-order valence-corrected chi connectivity index (χ1v) is 7.35. The van der Waals surface area contributed by atoms with Gasteiger partial charge in [0.1, 0.15) is 0 Å². The van der Waals surface area contributed by atoms with E-state index in [9.17, 15) is 18.0 Å². The highest BCUT2D eigenvalue weighted by Gasteiger charge is 2.30. The first kappa shape index (κ1) is 14.9. The Morgan fingerprint density at radius 3 is 2.44 bits per heavy atom. The minimum absolute atomic E-state index is 0.0787. The summed E-state index contributed by atoms with van der Waals surface area (Å²) in [6, 6.07) is 0. The number of nitrogens with one attached hydrogen (secondary N) is 2. The quantitative estimate of drug-likeness (QED) is 0.688. The van der Waals surface area contributed by atoms with Gasteiger partial charge in [-0.25, -0.2) is 13.1 Å². The summed E-state index contributed by atoms with van der Waals surface area (Å²) in [6.45, 7) is 4.58. The van der Waals surface area contributed by atoms with Crippen LogP contribution in [0, 0.1) is 6.92 Å². The maximum absolute atomic E-state index is 12.1. The minimum Gasteiger partial charge on any atom is -0.370 e. The number of aryl methyl sites for hydroxylation is 1. The SMILES string of the molecule is Cc1[nH]c(=O)sc1S(=O)(=O)NC(C)(C)CC(N)=O. The third kappa shape index (κ3) is 3.65. The van der Waals surface area contributed by atoms with Gasteiger partial charge in [-0.3, -0.25) is 9.59 Å². The van der Waals surface area contributed by atoms with Crippen LogP contribution < -0.4 is 15.3 Å². The number of carbonyl (C=O) groups excluding carboxylic acids is 1. The topological polar surface area (TPSA) is 122 Å². The Labute approximate surface area is 108 Å². The molecule has 1 heterocycles. The van der Waals surface area contributed by atoms with E-state index in [4.69, 9.17) is 5.73 Å². The normalized spacial score (nSPS) is 12.6. The van der Waals surface area contributed by atoms with Gasteiger partial charge in [-0.1, -0.05) is 11.3 Å². The largest absolute Gasteiger partial charge is 0.370 e. The summed E-state index contributed by atoms with van der Waals surface area (Å²) in [4.78, 5) is 23.9. The van der Waals surface area contributed by atoms with Crippen molar-refractivity contribution in [2.45, 2.75) is 36.9 Å². The molecule has 4 N–H and O–H groups in total. The lowest BCUT2D eigenvalue weighted by Crippen LogP contribution is -2.45. The van der Waals surface area contributed by atoms with Crippen molar-refractivity contribution >= 4 is 27.3 Å². The first-order valence-electron chi connectivity index (χ1n) is 5.05. The van der Waals surface area contributed by atoms with Crippen molar-refractivity contribution in [3.8, 4) is 0 Å². The average molecular weight is 293 g/mol. The van der Waals surface area contributed by atoms with Crippen molar-refractivity contribution in [1.82, 2.24) is 9.71 Å². The van der Waals surface area contributed by atoms with Crippen molar-refractivity contribution in [3.05, 3.63) is 15.4 Å². The molecule has 0 bridgehead atoms. The molecule has 1 aromatic heterocycles. The predicted octanol–water partition coefficient (Wildman–Crippen LogP) is -0.323. The second-order valence-electron chi connectivity index (χ2n) is 4.56. The van der Waals surface area contributed by atoms with Crippen LogP contribution in [0.4, 0.5) is 0 Å². The lowest BCUT2D eigenvalue weighted by atomic mass is 10.0. The Bertz CT molecular complexity index is 612. The van der Waals surface area contributed by atoms with E-state index in [1.807, 2.05) is 0 Å². The smallest absolute Gasteiger partial charge is 0.305 e. The predicted molar refractivity (Wildman–Crippen MR) is 67.9 cm³/mol. The maximum Gasteiger partial charge on any atom is 0.305 e. The number of sulfonamides is 1. The zero-order valence-electron chi connectivity index (χ0n) is 10.2. The molecule has 0 aliphatic carbocycles. The van der Waals surface area contributed by atoms with Gasteiger partial charge in [0.15, 0.2) is 4.21 Å². The van der Waals surface area contributed by atoms with Crippen molar-refractivity contribution in [1.29, 1.82) is 0 Å². The number of primary amides is 1. The lowest BCUT2D eigenvalue weighted by Gasteiger charge is -2.23. The van der Waals surface area contributed by atoms with Gasteiger partial charge in [0.05, 0.1) is 0 Å². The molecule has 102 valence electrons. The van der Waals surface area contributed by atoms with E-state index < -0.39 is 26.3 Å². The average Bonchev–Trinajstić information content (AvgIpc) is 2.40. The number of nitrogens with two attached hydrogens (primary N) is 1. The molecular formula is C9H15N3O4S2. The molecule has 7 nitrogen and oxygen atoms in total. The molecule has 0 saturated heterocycles. The van der Waals surface area contributed by atoms with Crippen LogP contribution in [0.1, 0.15) is 26.0 Å². The third-order valence-electron chi connectivity index (χ3n) is 2.05. The lowest BCUT2D eigenvalue weighted by molar-refractivity contribution is -0.119. The van der Waals surface area contributed by atoms with Crippen molar-refractivity contribution < 1.29 is 13.2 Å². The van der Waals surface area contributed by atoms with Gasteiger partial charge >= 0.3 is 4.87 Å². The zero-order chi connectivity index (χ0) is 14.1. The Morgan fingerprint density at radius 1 is 1.50 bits per heavy atom. The number of carbonyl (C=O) groups is 1. The summed E-state index contributed by atoms with van der Waals surface area (Å²) in [7, 11) is -3.84. The number of aromatic nitrogens is 1. The van der Waals surface area contributed by atoms with Crippen LogP contribution in [0.5, 0.6) is 0 Å². The van der Waals surface area contributed by atoms with Crippen molar-refractivity contribution in [3.63, 3.8) is 0 Å². The third-order valence-corrected chi connectivity index (χ3v) is 5.35. The van der Waals surface area contributed by atoms with Gasteiger partial charge in [-0.2, -0.15) is 0 Å². The molecular weight excluding hydrogens is 278 g/mol. The Hall–Kier alpha value is -1.19. The first-order chi connectivity index (χ1) is 8.03. The Kier molecular flexibility index (Phi) is 3.99. The fourth-order valence-corrected chi connectivity index (χ4v) is 4.24. The summed E-state index contributed by atoms with van der Waals surface area (Å²) in [5.41, 5.74) is 4.30. The van der Waals surface area contributed by atoms with Gasteiger partial charge in [0, 0.05) is 17.7 Å². The molecule has 0 fully saturated rings. The number of amides is 1.